The van der Waals surface area contributed by atoms with E-state index in [1.165, 1.54) is 19.3 Å². The van der Waals surface area contributed by atoms with Gasteiger partial charge < -0.3 is 4.74 Å². The fraction of sp³-hybridized carbons (Fsp3) is 0.273. The number of halogens is 4. The molecule has 0 heterocycles. The van der Waals surface area contributed by atoms with Crippen LogP contribution in [0.2, 0.25) is 0 Å². The van der Waals surface area contributed by atoms with Gasteiger partial charge in [-0.3, -0.25) is 0 Å². The molecule has 1 nitrogen and oxygen atoms in total. The second-order valence-electron chi connectivity index (χ2n) is 3.50. The molecule has 86 valence electrons. The van der Waals surface area contributed by atoms with E-state index in [0.29, 0.717) is 0 Å². The van der Waals surface area contributed by atoms with E-state index in [9.17, 15) is 17.6 Å². The van der Waals surface area contributed by atoms with E-state index >= 15 is 0 Å². The quantitative estimate of drug-likeness (QED) is 0.432. The molecule has 0 radical (unpaired) electrons. The summed E-state index contributed by atoms with van der Waals surface area (Å²) in [5.74, 6) is -6.84. The molecule has 0 saturated carbocycles. The molecule has 0 amide bonds. The van der Waals surface area contributed by atoms with Gasteiger partial charge in [-0.15, -0.1) is 0 Å². The number of methoxy groups -OCH3 is 1. The van der Waals surface area contributed by atoms with Crippen LogP contribution < -0.4 is 0 Å². The normalized spacial score (nSPS) is 17.9. The molecule has 0 aliphatic heterocycles. The van der Waals surface area contributed by atoms with Crippen molar-refractivity contribution >= 4 is 6.08 Å². The summed E-state index contributed by atoms with van der Waals surface area (Å²) in [7, 11) is 1.39. The molecular weight excluding hydrogens is 224 g/mol. The highest BCUT2D eigenvalue weighted by Crippen LogP contribution is 2.36. The SMILES string of the molecule is COCC1C=Cc2c(F)c(F)c(F)c(F)c21. The summed E-state index contributed by atoms with van der Waals surface area (Å²) in [6, 6.07) is 0. The Morgan fingerprint density at radius 1 is 1.06 bits per heavy atom. The molecule has 0 N–H and O–H groups in total. The summed E-state index contributed by atoms with van der Waals surface area (Å²) in [4.78, 5) is 0. The Morgan fingerprint density at radius 3 is 2.31 bits per heavy atom. The largest absolute Gasteiger partial charge is 0.384 e. The molecule has 0 spiro atoms. The molecular formula is C11H8F4O. The Bertz CT molecular complexity index is 468. The van der Waals surface area contributed by atoms with Crippen LogP contribution >= 0.6 is 0 Å². The van der Waals surface area contributed by atoms with Crippen molar-refractivity contribution in [2.75, 3.05) is 13.7 Å². The topological polar surface area (TPSA) is 9.23 Å². The van der Waals surface area contributed by atoms with Crippen LogP contribution in [-0.2, 0) is 4.74 Å². The van der Waals surface area contributed by atoms with Crippen LogP contribution in [0.1, 0.15) is 17.0 Å². The van der Waals surface area contributed by atoms with E-state index in [1.807, 2.05) is 0 Å². The van der Waals surface area contributed by atoms with Crippen LogP contribution in [0.15, 0.2) is 6.08 Å². The number of ether oxygens (including phenoxy) is 1. The molecule has 2 rings (SSSR count). The maximum absolute atomic E-state index is 13.4. The van der Waals surface area contributed by atoms with Crippen LogP contribution in [0, 0.1) is 23.3 Å². The molecule has 16 heavy (non-hydrogen) atoms. The van der Waals surface area contributed by atoms with Crippen molar-refractivity contribution in [3.05, 3.63) is 40.5 Å². The lowest BCUT2D eigenvalue weighted by Crippen LogP contribution is -2.09. The van der Waals surface area contributed by atoms with E-state index in [1.54, 1.807) is 0 Å². The van der Waals surface area contributed by atoms with Gasteiger partial charge >= 0.3 is 0 Å². The number of hydrogen-bond acceptors (Lipinski definition) is 1. The maximum atomic E-state index is 13.4. The van der Waals surface area contributed by atoms with Crippen LogP contribution in [0.5, 0.6) is 0 Å². The Labute approximate surface area is 89.3 Å². The first kappa shape index (κ1) is 11.1. The summed E-state index contributed by atoms with van der Waals surface area (Å²) in [5.41, 5.74) is -0.420. The van der Waals surface area contributed by atoms with Crippen molar-refractivity contribution in [1.29, 1.82) is 0 Å². The second-order valence-corrected chi connectivity index (χ2v) is 3.50. The van der Waals surface area contributed by atoms with Crippen molar-refractivity contribution in [3.63, 3.8) is 0 Å². The number of rotatable bonds is 2. The van der Waals surface area contributed by atoms with Gasteiger partial charge in [-0.1, -0.05) is 12.2 Å². The minimum absolute atomic E-state index is 0.0882. The molecule has 0 fully saturated rings. The highest BCUT2D eigenvalue weighted by molar-refractivity contribution is 5.63. The molecule has 0 bridgehead atoms. The molecule has 0 aromatic heterocycles. The van der Waals surface area contributed by atoms with Gasteiger partial charge in [0.1, 0.15) is 0 Å². The van der Waals surface area contributed by atoms with Crippen molar-refractivity contribution in [1.82, 2.24) is 0 Å². The van der Waals surface area contributed by atoms with Crippen molar-refractivity contribution in [3.8, 4) is 0 Å². The van der Waals surface area contributed by atoms with E-state index in [0.717, 1.165) is 0 Å². The molecule has 1 aliphatic carbocycles. The van der Waals surface area contributed by atoms with Gasteiger partial charge in [0.15, 0.2) is 23.3 Å². The lowest BCUT2D eigenvalue weighted by Gasteiger charge is -2.12. The third-order valence-corrected chi connectivity index (χ3v) is 2.55. The summed E-state index contributed by atoms with van der Waals surface area (Å²) >= 11 is 0. The summed E-state index contributed by atoms with van der Waals surface area (Å²) < 4.78 is 57.4. The van der Waals surface area contributed by atoms with Gasteiger partial charge in [0.2, 0.25) is 0 Å². The molecule has 1 unspecified atom stereocenters. The average molecular weight is 232 g/mol. The smallest absolute Gasteiger partial charge is 0.198 e. The molecule has 1 aromatic rings. The van der Waals surface area contributed by atoms with E-state index in [-0.39, 0.29) is 17.7 Å². The summed E-state index contributed by atoms with van der Waals surface area (Å²) in [6.07, 6.45) is 2.69. The molecule has 5 heteroatoms. The third kappa shape index (κ3) is 1.43. The molecule has 0 saturated heterocycles. The Kier molecular flexibility index (Phi) is 2.71. The fourth-order valence-corrected chi connectivity index (χ4v) is 1.82. The number of fused-ring (bicyclic) bond motifs is 1. The van der Waals surface area contributed by atoms with Crippen molar-refractivity contribution in [2.45, 2.75) is 5.92 Å². The standard InChI is InChI=1S/C11H8F4O/c1-16-4-5-2-3-6-7(5)9(13)11(15)10(14)8(6)12/h2-3,5H,4H2,1H3. The first-order chi connectivity index (χ1) is 7.57. The van der Waals surface area contributed by atoms with Crippen LogP contribution in [0.25, 0.3) is 6.08 Å². The highest BCUT2D eigenvalue weighted by atomic mass is 19.2. The summed E-state index contributed by atoms with van der Waals surface area (Å²) in [5, 5.41) is 0. The predicted molar refractivity (Wildman–Crippen MR) is 49.9 cm³/mol. The Morgan fingerprint density at radius 2 is 1.69 bits per heavy atom. The van der Waals surface area contributed by atoms with Crippen molar-refractivity contribution < 1.29 is 22.3 Å². The Balaban J connectivity index is 2.62. The van der Waals surface area contributed by atoms with Crippen molar-refractivity contribution in [2.24, 2.45) is 0 Å². The van der Waals surface area contributed by atoms with E-state index in [2.05, 4.69) is 0 Å². The van der Waals surface area contributed by atoms with Crippen LogP contribution in [-0.4, -0.2) is 13.7 Å². The van der Waals surface area contributed by atoms with Gasteiger partial charge in [0.25, 0.3) is 0 Å². The predicted octanol–water partition coefficient (Wildman–Crippen LogP) is 3.00. The number of hydrogen-bond donors (Lipinski definition) is 0. The van der Waals surface area contributed by atoms with E-state index < -0.39 is 29.2 Å². The van der Waals surface area contributed by atoms with Crippen LogP contribution in [0.4, 0.5) is 17.6 Å². The second kappa shape index (κ2) is 3.90. The monoisotopic (exact) mass is 232 g/mol. The minimum atomic E-state index is -1.78. The fourth-order valence-electron chi connectivity index (χ4n) is 1.82. The van der Waals surface area contributed by atoms with Gasteiger partial charge in [0, 0.05) is 24.2 Å². The van der Waals surface area contributed by atoms with Gasteiger partial charge in [-0.25, -0.2) is 17.6 Å². The van der Waals surface area contributed by atoms with Crippen LogP contribution in [0.3, 0.4) is 0 Å². The lowest BCUT2D eigenvalue weighted by molar-refractivity contribution is 0.190. The molecule has 1 atom stereocenters. The zero-order valence-electron chi connectivity index (χ0n) is 8.36. The first-order valence-corrected chi connectivity index (χ1v) is 4.61. The molecule has 1 aromatic carbocycles. The number of benzene rings is 1. The third-order valence-electron chi connectivity index (χ3n) is 2.55. The van der Waals surface area contributed by atoms with Gasteiger partial charge in [-0.05, 0) is 0 Å². The lowest BCUT2D eigenvalue weighted by atomic mass is 10.00. The van der Waals surface area contributed by atoms with Gasteiger partial charge in [0.05, 0.1) is 6.61 Å². The Hall–Kier alpha value is -1.36. The molecule has 1 aliphatic rings. The highest BCUT2D eigenvalue weighted by Gasteiger charge is 2.30. The van der Waals surface area contributed by atoms with E-state index in [4.69, 9.17) is 4.74 Å². The maximum Gasteiger partial charge on any atom is 0.198 e. The van der Waals surface area contributed by atoms with Gasteiger partial charge in [-0.2, -0.15) is 0 Å². The average Bonchev–Trinajstić information content (AvgIpc) is 2.68. The summed E-state index contributed by atoms with van der Waals surface area (Å²) in [6.45, 7) is 0.0882. The minimum Gasteiger partial charge on any atom is -0.384 e. The zero-order valence-corrected chi connectivity index (χ0v) is 8.36. The first-order valence-electron chi connectivity index (χ1n) is 4.61. The zero-order chi connectivity index (χ0) is 11.9.